The van der Waals surface area contributed by atoms with Crippen LogP contribution in [-0.2, 0) is 6.54 Å². The monoisotopic (exact) mass is 442 g/mol. The fourth-order valence-corrected chi connectivity index (χ4v) is 5.11. The number of carbonyl (C=O) groups is 1. The van der Waals surface area contributed by atoms with Gasteiger partial charge < -0.3 is 14.8 Å². The number of anilines is 1. The van der Waals surface area contributed by atoms with Gasteiger partial charge in [0.15, 0.2) is 0 Å². The third kappa shape index (κ3) is 4.61. The van der Waals surface area contributed by atoms with Crippen molar-refractivity contribution in [1.82, 2.24) is 14.4 Å². The van der Waals surface area contributed by atoms with Crippen molar-refractivity contribution < 1.29 is 4.79 Å². The summed E-state index contributed by atoms with van der Waals surface area (Å²) in [4.78, 5) is 18.6. The first-order valence-electron chi connectivity index (χ1n) is 10.9. The molecular weight excluding hydrogens is 416 g/mol. The van der Waals surface area contributed by atoms with Crippen molar-refractivity contribution in [3.8, 4) is 15.4 Å². The Hall–Kier alpha value is -3.35. The van der Waals surface area contributed by atoms with Crippen molar-refractivity contribution in [2.45, 2.75) is 6.54 Å². The molecule has 162 valence electrons. The minimum atomic E-state index is -0.0322. The summed E-state index contributed by atoms with van der Waals surface area (Å²) < 4.78 is 2.06. The molecular formula is C26H26N4OS. The van der Waals surface area contributed by atoms with Gasteiger partial charge in [-0.05, 0) is 29.3 Å². The van der Waals surface area contributed by atoms with Crippen LogP contribution in [0.3, 0.4) is 0 Å². The summed E-state index contributed by atoms with van der Waals surface area (Å²) in [5.74, 6) is 0. The number of aromatic nitrogens is 1. The van der Waals surface area contributed by atoms with Gasteiger partial charge in [0, 0.05) is 50.0 Å². The van der Waals surface area contributed by atoms with Gasteiger partial charge in [0.2, 0.25) is 0 Å². The van der Waals surface area contributed by atoms with Gasteiger partial charge in [-0.1, -0.05) is 60.7 Å². The van der Waals surface area contributed by atoms with E-state index in [4.69, 9.17) is 0 Å². The van der Waals surface area contributed by atoms with E-state index in [0.717, 1.165) is 53.9 Å². The molecule has 0 atom stereocenters. The summed E-state index contributed by atoms with van der Waals surface area (Å²) in [6, 6.07) is 26.9. The zero-order chi connectivity index (χ0) is 21.8. The molecule has 0 aliphatic carbocycles. The number of benzene rings is 2. The Kier molecular flexibility index (Phi) is 6.05. The van der Waals surface area contributed by atoms with E-state index in [1.807, 2.05) is 53.7 Å². The van der Waals surface area contributed by atoms with E-state index in [1.165, 1.54) is 5.56 Å². The van der Waals surface area contributed by atoms with E-state index in [1.54, 1.807) is 11.3 Å². The molecule has 32 heavy (non-hydrogen) atoms. The molecule has 0 spiro atoms. The van der Waals surface area contributed by atoms with Gasteiger partial charge in [0.1, 0.15) is 5.00 Å². The molecule has 1 fully saturated rings. The van der Waals surface area contributed by atoms with Gasteiger partial charge in [0.05, 0.1) is 5.69 Å². The quantitative estimate of drug-likeness (QED) is 0.440. The van der Waals surface area contributed by atoms with Crippen LogP contribution in [0.25, 0.3) is 15.4 Å². The fraction of sp³-hybridized carbons (Fsp3) is 0.192. The molecule has 5 nitrogen and oxygen atoms in total. The van der Waals surface area contributed by atoms with Gasteiger partial charge in [-0.15, -0.1) is 11.3 Å². The lowest BCUT2D eigenvalue weighted by Gasteiger charge is -2.34. The second kappa shape index (κ2) is 9.42. The minimum Gasteiger partial charge on any atom is -0.322 e. The topological polar surface area (TPSA) is 40.5 Å². The smallest absolute Gasteiger partial charge is 0.322 e. The minimum absolute atomic E-state index is 0.0322. The highest BCUT2D eigenvalue weighted by molar-refractivity contribution is 7.18. The zero-order valence-corrected chi connectivity index (χ0v) is 18.7. The maximum atomic E-state index is 13.1. The zero-order valence-electron chi connectivity index (χ0n) is 17.9. The Bertz CT molecular complexity index is 1150. The summed E-state index contributed by atoms with van der Waals surface area (Å²) in [5.41, 5.74) is 3.32. The van der Waals surface area contributed by atoms with Gasteiger partial charge in [-0.25, -0.2) is 4.79 Å². The number of rotatable bonds is 5. The third-order valence-electron chi connectivity index (χ3n) is 5.76. The normalized spacial score (nSPS) is 14.4. The first-order chi connectivity index (χ1) is 15.8. The average molecular weight is 443 g/mol. The molecule has 5 rings (SSSR count). The van der Waals surface area contributed by atoms with Crippen molar-refractivity contribution >= 4 is 23.1 Å². The van der Waals surface area contributed by atoms with Crippen LogP contribution in [0.2, 0.25) is 0 Å². The van der Waals surface area contributed by atoms with E-state index in [2.05, 4.69) is 57.2 Å². The lowest BCUT2D eigenvalue weighted by atomic mass is 10.2. The number of urea groups is 1. The van der Waals surface area contributed by atoms with Crippen molar-refractivity contribution in [2.24, 2.45) is 0 Å². The van der Waals surface area contributed by atoms with Crippen LogP contribution in [0.15, 0.2) is 91.3 Å². The van der Waals surface area contributed by atoms with Gasteiger partial charge >= 0.3 is 6.03 Å². The Morgan fingerprint density at radius 3 is 2.19 bits per heavy atom. The first-order valence-corrected chi connectivity index (χ1v) is 11.7. The number of hydrogen-bond donors (Lipinski definition) is 1. The molecule has 0 saturated carbocycles. The Morgan fingerprint density at radius 1 is 0.844 bits per heavy atom. The number of hydrogen-bond acceptors (Lipinski definition) is 3. The Balaban J connectivity index is 1.27. The molecule has 0 bridgehead atoms. The number of piperazine rings is 1. The van der Waals surface area contributed by atoms with Crippen molar-refractivity contribution in [1.29, 1.82) is 0 Å². The fourth-order valence-electron chi connectivity index (χ4n) is 4.02. The van der Waals surface area contributed by atoms with E-state index in [9.17, 15) is 4.79 Å². The van der Waals surface area contributed by atoms with Gasteiger partial charge in [0.25, 0.3) is 0 Å². The molecule has 4 aromatic rings. The standard InChI is InChI=1S/C26H26N4OS/c31-26(30-17-15-28(16-18-30)20-21-9-3-1-4-10-21)27-23-19-24(22-11-5-2-6-12-22)32-25(23)29-13-7-8-14-29/h1-14,19H,15-18,20H2,(H,27,31). The highest BCUT2D eigenvalue weighted by Gasteiger charge is 2.23. The lowest BCUT2D eigenvalue weighted by Crippen LogP contribution is -2.49. The lowest BCUT2D eigenvalue weighted by molar-refractivity contribution is 0.143. The average Bonchev–Trinajstić information content (AvgIpc) is 3.51. The molecule has 0 radical (unpaired) electrons. The van der Waals surface area contributed by atoms with E-state index >= 15 is 0 Å². The second-order valence-electron chi connectivity index (χ2n) is 7.96. The third-order valence-corrected chi connectivity index (χ3v) is 6.96. The van der Waals surface area contributed by atoms with Crippen LogP contribution in [0, 0.1) is 0 Å². The SMILES string of the molecule is O=C(Nc1cc(-c2ccccc2)sc1-n1cccc1)N1CCN(Cc2ccccc2)CC1. The molecule has 2 aromatic heterocycles. The Morgan fingerprint density at radius 2 is 1.50 bits per heavy atom. The van der Waals surface area contributed by atoms with Crippen molar-refractivity contribution in [3.05, 3.63) is 96.8 Å². The second-order valence-corrected chi connectivity index (χ2v) is 9.00. The van der Waals surface area contributed by atoms with Gasteiger partial charge in [-0.3, -0.25) is 4.90 Å². The molecule has 3 heterocycles. The maximum Gasteiger partial charge on any atom is 0.322 e. The molecule has 1 saturated heterocycles. The predicted octanol–water partition coefficient (Wildman–Crippen LogP) is 5.56. The maximum absolute atomic E-state index is 13.1. The number of thiophene rings is 1. The number of amides is 2. The van der Waals surface area contributed by atoms with Crippen LogP contribution in [-0.4, -0.2) is 46.6 Å². The molecule has 2 aromatic carbocycles. The number of nitrogens with zero attached hydrogens (tertiary/aromatic N) is 3. The van der Waals surface area contributed by atoms with E-state index in [0.29, 0.717) is 0 Å². The van der Waals surface area contributed by atoms with Crippen LogP contribution >= 0.6 is 11.3 Å². The van der Waals surface area contributed by atoms with Crippen LogP contribution in [0.1, 0.15) is 5.56 Å². The van der Waals surface area contributed by atoms with Crippen LogP contribution < -0.4 is 5.32 Å². The number of nitrogens with one attached hydrogen (secondary N) is 1. The summed E-state index contributed by atoms with van der Waals surface area (Å²) in [6.45, 7) is 4.15. The number of carbonyl (C=O) groups excluding carboxylic acids is 1. The highest BCUT2D eigenvalue weighted by Crippen LogP contribution is 2.37. The Labute approximate surface area is 192 Å². The molecule has 1 N–H and O–H groups in total. The first kappa shape index (κ1) is 20.5. The molecule has 1 aliphatic heterocycles. The molecule has 1 aliphatic rings. The van der Waals surface area contributed by atoms with Crippen LogP contribution in [0.4, 0.5) is 10.5 Å². The predicted molar refractivity (Wildman–Crippen MR) is 131 cm³/mol. The summed E-state index contributed by atoms with van der Waals surface area (Å²) in [5, 5.41) is 4.20. The molecule has 0 unspecified atom stereocenters. The van der Waals surface area contributed by atoms with Crippen molar-refractivity contribution in [3.63, 3.8) is 0 Å². The summed E-state index contributed by atoms with van der Waals surface area (Å²) >= 11 is 1.68. The molecule has 2 amide bonds. The summed E-state index contributed by atoms with van der Waals surface area (Å²) in [7, 11) is 0. The summed E-state index contributed by atoms with van der Waals surface area (Å²) in [6.07, 6.45) is 4.03. The van der Waals surface area contributed by atoms with Crippen LogP contribution in [0.5, 0.6) is 0 Å². The van der Waals surface area contributed by atoms with E-state index in [-0.39, 0.29) is 6.03 Å². The highest BCUT2D eigenvalue weighted by atomic mass is 32.1. The van der Waals surface area contributed by atoms with Gasteiger partial charge in [-0.2, -0.15) is 0 Å². The largest absolute Gasteiger partial charge is 0.322 e. The van der Waals surface area contributed by atoms with Crippen molar-refractivity contribution in [2.75, 3.05) is 31.5 Å². The van der Waals surface area contributed by atoms with E-state index < -0.39 is 0 Å². The molecule has 6 heteroatoms.